The number of aliphatic hydroxyl groups excluding tert-OH is 1. The predicted molar refractivity (Wildman–Crippen MR) is 83.0 cm³/mol. The molecule has 0 amide bonds. The molecule has 0 fully saturated rings. The molecule has 0 saturated carbocycles. The van der Waals surface area contributed by atoms with Crippen molar-refractivity contribution in [2.24, 2.45) is 0 Å². The highest BCUT2D eigenvalue weighted by atomic mass is 16.4. The summed E-state index contributed by atoms with van der Waals surface area (Å²) in [5.41, 5.74) is 2.76. The van der Waals surface area contributed by atoms with Crippen molar-refractivity contribution >= 4 is 6.01 Å². The molecule has 0 radical (unpaired) electrons. The largest absolute Gasteiger partial charge is 0.423 e. The van der Waals surface area contributed by atoms with Gasteiger partial charge in [-0.25, -0.2) is 0 Å². The smallest absolute Gasteiger partial charge is 0.295 e. The molecule has 3 rings (SSSR count). The maximum absolute atomic E-state index is 8.91. The number of aliphatic hydroxyl groups is 1. The third kappa shape index (κ3) is 2.95. The average molecular weight is 280 g/mol. The lowest BCUT2D eigenvalue weighted by molar-refractivity contribution is 0.309. The minimum Gasteiger partial charge on any atom is -0.423 e. The Morgan fingerprint density at radius 2 is 1.52 bits per heavy atom. The number of oxazole rings is 1. The number of hydrogen-bond donors (Lipinski definition) is 2. The molecule has 3 aromatic rings. The predicted octanol–water partition coefficient (Wildman–Crippen LogP) is 3.41. The van der Waals surface area contributed by atoms with Gasteiger partial charge in [0.15, 0.2) is 5.76 Å². The summed E-state index contributed by atoms with van der Waals surface area (Å²) in [7, 11) is 0. The van der Waals surface area contributed by atoms with Crippen molar-refractivity contribution in [1.29, 1.82) is 0 Å². The molecule has 4 heteroatoms. The fraction of sp³-hybridized carbons (Fsp3) is 0.118. The molecular formula is C17H16N2O2. The Hall–Kier alpha value is -2.59. The van der Waals surface area contributed by atoms with Crippen LogP contribution in [-0.2, 0) is 0 Å². The van der Waals surface area contributed by atoms with Crippen LogP contribution in [-0.4, -0.2) is 23.2 Å². The van der Waals surface area contributed by atoms with Crippen molar-refractivity contribution in [2.45, 2.75) is 0 Å². The molecule has 0 aliphatic carbocycles. The van der Waals surface area contributed by atoms with E-state index in [0.29, 0.717) is 12.6 Å². The second kappa shape index (κ2) is 6.24. The van der Waals surface area contributed by atoms with Gasteiger partial charge in [-0.15, -0.1) is 0 Å². The number of anilines is 1. The Morgan fingerprint density at radius 1 is 0.905 bits per heavy atom. The highest BCUT2D eigenvalue weighted by Gasteiger charge is 2.16. The third-order valence-electron chi connectivity index (χ3n) is 3.10. The third-order valence-corrected chi connectivity index (χ3v) is 3.10. The molecular weight excluding hydrogens is 264 g/mol. The first-order valence-electron chi connectivity index (χ1n) is 6.85. The summed E-state index contributed by atoms with van der Waals surface area (Å²) in [4.78, 5) is 4.51. The van der Waals surface area contributed by atoms with E-state index in [9.17, 15) is 0 Å². The van der Waals surface area contributed by atoms with E-state index >= 15 is 0 Å². The number of nitrogens with one attached hydrogen (secondary N) is 1. The molecule has 1 heterocycles. The lowest BCUT2D eigenvalue weighted by Crippen LogP contribution is -2.05. The zero-order valence-corrected chi connectivity index (χ0v) is 11.5. The molecule has 2 aromatic carbocycles. The molecule has 0 aliphatic rings. The molecule has 0 unspecified atom stereocenters. The van der Waals surface area contributed by atoms with Gasteiger partial charge in [0, 0.05) is 17.7 Å². The summed E-state index contributed by atoms with van der Waals surface area (Å²) in [5.74, 6) is 0.724. The Balaban J connectivity index is 2.06. The van der Waals surface area contributed by atoms with Crippen molar-refractivity contribution in [1.82, 2.24) is 4.98 Å². The molecule has 4 nitrogen and oxygen atoms in total. The van der Waals surface area contributed by atoms with Gasteiger partial charge in [0.1, 0.15) is 5.69 Å². The van der Waals surface area contributed by atoms with Gasteiger partial charge in [-0.1, -0.05) is 60.7 Å². The summed E-state index contributed by atoms with van der Waals surface area (Å²) in [6.45, 7) is 0.437. The minimum absolute atomic E-state index is 0.0315. The van der Waals surface area contributed by atoms with Gasteiger partial charge in [0.2, 0.25) is 0 Å². The van der Waals surface area contributed by atoms with Gasteiger partial charge in [-0.2, -0.15) is 4.98 Å². The van der Waals surface area contributed by atoms with Crippen molar-refractivity contribution in [2.75, 3.05) is 18.5 Å². The van der Waals surface area contributed by atoms with E-state index in [1.54, 1.807) is 0 Å². The van der Waals surface area contributed by atoms with Crippen LogP contribution in [0.25, 0.3) is 22.6 Å². The highest BCUT2D eigenvalue weighted by Crippen LogP contribution is 2.33. The monoisotopic (exact) mass is 280 g/mol. The Labute approximate surface area is 123 Å². The summed E-state index contributed by atoms with van der Waals surface area (Å²) >= 11 is 0. The van der Waals surface area contributed by atoms with Gasteiger partial charge < -0.3 is 14.8 Å². The SMILES string of the molecule is OCCNc1nc(-c2ccccc2)c(-c2ccccc2)o1. The van der Waals surface area contributed by atoms with E-state index in [4.69, 9.17) is 9.52 Å². The molecule has 106 valence electrons. The molecule has 21 heavy (non-hydrogen) atoms. The number of rotatable bonds is 5. The van der Waals surface area contributed by atoms with E-state index in [1.807, 2.05) is 60.7 Å². The zero-order chi connectivity index (χ0) is 14.5. The van der Waals surface area contributed by atoms with Crippen LogP contribution >= 0.6 is 0 Å². The van der Waals surface area contributed by atoms with Crippen LogP contribution in [0, 0.1) is 0 Å². The molecule has 0 atom stereocenters. The van der Waals surface area contributed by atoms with Crippen molar-refractivity contribution in [3.05, 3.63) is 60.7 Å². The number of hydrogen-bond acceptors (Lipinski definition) is 4. The van der Waals surface area contributed by atoms with Crippen molar-refractivity contribution in [3.63, 3.8) is 0 Å². The summed E-state index contributed by atoms with van der Waals surface area (Å²) < 4.78 is 5.82. The topological polar surface area (TPSA) is 58.3 Å². The van der Waals surface area contributed by atoms with E-state index in [2.05, 4.69) is 10.3 Å². The standard InChI is InChI=1S/C17H16N2O2/c20-12-11-18-17-19-15(13-7-3-1-4-8-13)16(21-17)14-9-5-2-6-10-14/h1-10,20H,11-12H2,(H,18,19). The van der Waals surface area contributed by atoms with Crippen molar-refractivity contribution < 1.29 is 9.52 Å². The van der Waals surface area contributed by atoms with Gasteiger partial charge in [0.25, 0.3) is 6.01 Å². The lowest BCUT2D eigenvalue weighted by atomic mass is 10.1. The van der Waals surface area contributed by atoms with E-state index in [-0.39, 0.29) is 6.61 Å². The Morgan fingerprint density at radius 3 is 2.14 bits per heavy atom. The zero-order valence-electron chi connectivity index (χ0n) is 11.5. The van der Waals surface area contributed by atoms with Crippen LogP contribution in [0.3, 0.4) is 0 Å². The Bertz CT molecular complexity index is 636. The second-order valence-corrected chi connectivity index (χ2v) is 4.58. The summed E-state index contributed by atoms with van der Waals surface area (Å²) in [6.07, 6.45) is 0. The molecule has 2 N–H and O–H groups in total. The van der Waals surface area contributed by atoms with Gasteiger partial charge >= 0.3 is 0 Å². The van der Waals surface area contributed by atoms with Crippen LogP contribution in [0.1, 0.15) is 0 Å². The van der Waals surface area contributed by atoms with E-state index < -0.39 is 0 Å². The van der Waals surface area contributed by atoms with E-state index in [1.165, 1.54) is 0 Å². The first-order chi connectivity index (χ1) is 10.4. The molecule has 0 spiro atoms. The van der Waals surface area contributed by atoms with Gasteiger partial charge in [-0.05, 0) is 0 Å². The maximum Gasteiger partial charge on any atom is 0.295 e. The maximum atomic E-state index is 8.91. The average Bonchev–Trinajstić information content (AvgIpc) is 2.99. The first-order valence-corrected chi connectivity index (χ1v) is 6.85. The number of aromatic nitrogens is 1. The highest BCUT2D eigenvalue weighted by molar-refractivity contribution is 5.77. The minimum atomic E-state index is 0.0315. The molecule has 0 aliphatic heterocycles. The fourth-order valence-electron chi connectivity index (χ4n) is 2.14. The van der Waals surface area contributed by atoms with Crippen LogP contribution < -0.4 is 5.32 Å². The van der Waals surface area contributed by atoms with E-state index in [0.717, 1.165) is 22.6 Å². The van der Waals surface area contributed by atoms with Crippen LogP contribution in [0.4, 0.5) is 6.01 Å². The van der Waals surface area contributed by atoms with Gasteiger partial charge in [-0.3, -0.25) is 0 Å². The molecule has 0 bridgehead atoms. The molecule has 0 saturated heterocycles. The van der Waals surface area contributed by atoms with Gasteiger partial charge in [0.05, 0.1) is 6.61 Å². The quantitative estimate of drug-likeness (QED) is 0.752. The summed E-state index contributed by atoms with van der Waals surface area (Å²) in [5, 5.41) is 11.9. The van der Waals surface area contributed by atoms with Crippen LogP contribution in [0.15, 0.2) is 65.1 Å². The summed E-state index contributed by atoms with van der Waals surface area (Å²) in [6, 6.07) is 20.2. The second-order valence-electron chi connectivity index (χ2n) is 4.58. The fourth-order valence-corrected chi connectivity index (χ4v) is 2.14. The van der Waals surface area contributed by atoms with Crippen LogP contribution in [0.5, 0.6) is 0 Å². The van der Waals surface area contributed by atoms with Crippen molar-refractivity contribution in [3.8, 4) is 22.6 Å². The normalized spacial score (nSPS) is 10.5. The van der Waals surface area contributed by atoms with Crippen LogP contribution in [0.2, 0.25) is 0 Å². The number of nitrogens with zero attached hydrogens (tertiary/aromatic N) is 1. The first kappa shape index (κ1) is 13.4. The number of benzene rings is 2. The Kier molecular flexibility index (Phi) is 3.98. The lowest BCUT2D eigenvalue weighted by Gasteiger charge is -2.00. The molecule has 1 aromatic heterocycles.